The number of methoxy groups -OCH3 is 1. The number of aryl methyl sites for hydroxylation is 1. The Morgan fingerprint density at radius 1 is 1.38 bits per heavy atom. The van der Waals surface area contributed by atoms with Crippen molar-refractivity contribution >= 4 is 0 Å². The second-order valence-corrected chi connectivity index (χ2v) is 3.61. The van der Waals surface area contributed by atoms with Gasteiger partial charge in [-0.2, -0.15) is 0 Å². The molecule has 84 valence electrons. The average molecular weight is 218 g/mol. The molecule has 2 aromatic rings. The molecular formula is C12H14N2O2. The van der Waals surface area contributed by atoms with E-state index in [9.17, 15) is 5.11 Å². The van der Waals surface area contributed by atoms with Crippen LogP contribution in [0.2, 0.25) is 0 Å². The van der Waals surface area contributed by atoms with E-state index in [4.69, 9.17) is 4.74 Å². The minimum absolute atomic E-state index is 0.618. The number of hydrogen-bond donors (Lipinski definition) is 1. The fourth-order valence-electron chi connectivity index (χ4n) is 1.63. The normalized spacial score (nSPS) is 12.4. The number of aromatic nitrogens is 2. The van der Waals surface area contributed by atoms with Gasteiger partial charge in [-0.1, -0.05) is 18.2 Å². The highest BCUT2D eigenvalue weighted by Gasteiger charge is 2.16. The van der Waals surface area contributed by atoms with Crippen LogP contribution in [0.15, 0.2) is 36.8 Å². The van der Waals surface area contributed by atoms with Gasteiger partial charge in [0.25, 0.3) is 0 Å². The lowest BCUT2D eigenvalue weighted by Crippen LogP contribution is -2.02. The first-order valence-corrected chi connectivity index (χ1v) is 5.01. The van der Waals surface area contributed by atoms with Crippen LogP contribution >= 0.6 is 0 Å². The molecule has 0 radical (unpaired) electrons. The molecular weight excluding hydrogens is 204 g/mol. The van der Waals surface area contributed by atoms with Crippen molar-refractivity contribution in [2.75, 3.05) is 7.11 Å². The number of benzene rings is 1. The standard InChI is InChI=1S/C12H14N2O2/c1-14-7-10(13-8-14)12(15)9-5-3-4-6-11(9)16-2/h3-8,12,15H,1-2H3. The molecule has 0 saturated carbocycles. The fraction of sp³-hybridized carbons (Fsp3) is 0.250. The summed E-state index contributed by atoms with van der Waals surface area (Å²) in [5.41, 5.74) is 1.34. The van der Waals surface area contributed by atoms with Crippen LogP contribution in [-0.2, 0) is 7.05 Å². The molecule has 1 aromatic heterocycles. The van der Waals surface area contributed by atoms with Crippen molar-refractivity contribution in [3.63, 3.8) is 0 Å². The molecule has 0 bridgehead atoms. The Morgan fingerprint density at radius 2 is 2.12 bits per heavy atom. The first-order valence-electron chi connectivity index (χ1n) is 5.01. The summed E-state index contributed by atoms with van der Waals surface area (Å²) in [6.45, 7) is 0. The van der Waals surface area contributed by atoms with E-state index in [1.165, 1.54) is 0 Å². The molecule has 0 amide bonds. The van der Waals surface area contributed by atoms with Gasteiger partial charge in [0.15, 0.2) is 0 Å². The van der Waals surface area contributed by atoms with Crippen LogP contribution in [0.1, 0.15) is 17.4 Å². The molecule has 1 heterocycles. The summed E-state index contributed by atoms with van der Waals surface area (Å²) >= 11 is 0. The van der Waals surface area contributed by atoms with Gasteiger partial charge in [-0.25, -0.2) is 4.98 Å². The molecule has 4 heteroatoms. The quantitative estimate of drug-likeness (QED) is 0.849. The first kappa shape index (κ1) is 10.7. The number of nitrogens with zero attached hydrogens (tertiary/aromatic N) is 2. The van der Waals surface area contributed by atoms with Gasteiger partial charge in [-0.05, 0) is 6.07 Å². The van der Waals surface area contributed by atoms with E-state index in [1.807, 2.05) is 31.3 Å². The van der Waals surface area contributed by atoms with Crippen molar-refractivity contribution in [2.45, 2.75) is 6.10 Å². The summed E-state index contributed by atoms with van der Waals surface area (Å²) in [6, 6.07) is 7.39. The Labute approximate surface area is 94.1 Å². The molecule has 0 aliphatic heterocycles. The van der Waals surface area contributed by atoms with Gasteiger partial charge in [-0.3, -0.25) is 0 Å². The summed E-state index contributed by atoms with van der Waals surface area (Å²) < 4.78 is 7.00. The maximum Gasteiger partial charge on any atom is 0.126 e. The Morgan fingerprint density at radius 3 is 2.75 bits per heavy atom. The number of rotatable bonds is 3. The molecule has 0 aliphatic rings. The smallest absolute Gasteiger partial charge is 0.126 e. The van der Waals surface area contributed by atoms with E-state index in [2.05, 4.69) is 4.98 Å². The molecule has 1 aromatic carbocycles. The van der Waals surface area contributed by atoms with Gasteiger partial charge in [0.1, 0.15) is 11.9 Å². The maximum atomic E-state index is 10.2. The van der Waals surface area contributed by atoms with E-state index in [-0.39, 0.29) is 0 Å². The van der Waals surface area contributed by atoms with Crippen molar-refractivity contribution in [1.29, 1.82) is 0 Å². The molecule has 0 spiro atoms. The zero-order chi connectivity index (χ0) is 11.5. The molecule has 1 atom stereocenters. The van der Waals surface area contributed by atoms with Crippen LogP contribution in [0.25, 0.3) is 0 Å². The SMILES string of the molecule is COc1ccccc1C(O)c1cn(C)cn1. The summed E-state index contributed by atoms with van der Waals surface area (Å²) in [7, 11) is 3.45. The Kier molecular flexibility index (Phi) is 2.92. The van der Waals surface area contributed by atoms with Crippen LogP contribution in [0.4, 0.5) is 0 Å². The lowest BCUT2D eigenvalue weighted by atomic mass is 10.1. The van der Waals surface area contributed by atoms with Crippen molar-refractivity contribution < 1.29 is 9.84 Å². The van der Waals surface area contributed by atoms with E-state index < -0.39 is 6.10 Å². The highest BCUT2D eigenvalue weighted by Crippen LogP contribution is 2.28. The van der Waals surface area contributed by atoms with Gasteiger partial charge in [0.2, 0.25) is 0 Å². The van der Waals surface area contributed by atoms with E-state index in [1.54, 1.807) is 24.2 Å². The minimum atomic E-state index is -0.752. The molecule has 0 fully saturated rings. The van der Waals surface area contributed by atoms with Crippen molar-refractivity contribution in [2.24, 2.45) is 7.05 Å². The second-order valence-electron chi connectivity index (χ2n) is 3.61. The number of hydrogen-bond acceptors (Lipinski definition) is 3. The average Bonchev–Trinajstić information content (AvgIpc) is 2.75. The number of aliphatic hydroxyl groups is 1. The van der Waals surface area contributed by atoms with Gasteiger partial charge in [0, 0.05) is 18.8 Å². The summed E-state index contributed by atoms with van der Waals surface area (Å²) in [5.74, 6) is 0.667. The monoisotopic (exact) mass is 218 g/mol. The molecule has 0 saturated heterocycles. The topological polar surface area (TPSA) is 47.3 Å². The number of imidazole rings is 1. The minimum Gasteiger partial charge on any atom is -0.496 e. The van der Waals surface area contributed by atoms with Crippen LogP contribution in [-0.4, -0.2) is 21.8 Å². The lowest BCUT2D eigenvalue weighted by Gasteiger charge is -2.12. The molecule has 1 N–H and O–H groups in total. The van der Waals surface area contributed by atoms with Gasteiger partial charge >= 0.3 is 0 Å². The number of ether oxygens (including phenoxy) is 1. The Balaban J connectivity index is 2.36. The third kappa shape index (κ3) is 1.92. The number of aliphatic hydroxyl groups excluding tert-OH is 1. The summed E-state index contributed by atoms with van der Waals surface area (Å²) in [4.78, 5) is 4.12. The molecule has 16 heavy (non-hydrogen) atoms. The van der Waals surface area contributed by atoms with Crippen LogP contribution in [0, 0.1) is 0 Å². The van der Waals surface area contributed by atoms with Crippen LogP contribution < -0.4 is 4.74 Å². The van der Waals surface area contributed by atoms with Gasteiger partial charge in [0.05, 0.1) is 19.1 Å². The van der Waals surface area contributed by atoms with E-state index in [0.717, 1.165) is 5.56 Å². The highest BCUT2D eigenvalue weighted by molar-refractivity contribution is 5.38. The van der Waals surface area contributed by atoms with Gasteiger partial charge < -0.3 is 14.4 Å². The zero-order valence-electron chi connectivity index (χ0n) is 9.29. The predicted octanol–water partition coefficient (Wildman–Crippen LogP) is 1.51. The Bertz CT molecular complexity index is 479. The van der Waals surface area contributed by atoms with Crippen LogP contribution in [0.5, 0.6) is 5.75 Å². The third-order valence-electron chi connectivity index (χ3n) is 2.44. The van der Waals surface area contributed by atoms with Crippen molar-refractivity contribution in [1.82, 2.24) is 9.55 Å². The third-order valence-corrected chi connectivity index (χ3v) is 2.44. The lowest BCUT2D eigenvalue weighted by molar-refractivity contribution is 0.210. The number of para-hydroxylation sites is 1. The van der Waals surface area contributed by atoms with Crippen molar-refractivity contribution in [3.05, 3.63) is 48.0 Å². The fourth-order valence-corrected chi connectivity index (χ4v) is 1.63. The van der Waals surface area contributed by atoms with Gasteiger partial charge in [-0.15, -0.1) is 0 Å². The largest absolute Gasteiger partial charge is 0.496 e. The first-order chi connectivity index (χ1) is 7.72. The molecule has 1 unspecified atom stereocenters. The summed E-state index contributed by atoms with van der Waals surface area (Å²) in [6.07, 6.45) is 2.70. The maximum absolute atomic E-state index is 10.2. The zero-order valence-corrected chi connectivity index (χ0v) is 9.29. The Hall–Kier alpha value is -1.81. The molecule has 4 nitrogen and oxygen atoms in total. The van der Waals surface area contributed by atoms with E-state index in [0.29, 0.717) is 11.4 Å². The second kappa shape index (κ2) is 4.37. The van der Waals surface area contributed by atoms with Crippen LogP contribution in [0.3, 0.4) is 0 Å². The predicted molar refractivity (Wildman–Crippen MR) is 60.3 cm³/mol. The van der Waals surface area contributed by atoms with Crippen molar-refractivity contribution in [3.8, 4) is 5.75 Å². The molecule has 0 aliphatic carbocycles. The van der Waals surface area contributed by atoms with E-state index >= 15 is 0 Å². The summed E-state index contributed by atoms with van der Waals surface area (Å²) in [5, 5.41) is 10.2. The molecule has 2 rings (SSSR count). The highest BCUT2D eigenvalue weighted by atomic mass is 16.5.